The number of carboxylic acids is 1. The Labute approximate surface area is 116 Å². The van der Waals surface area contributed by atoms with E-state index in [2.05, 4.69) is 6.92 Å². The van der Waals surface area contributed by atoms with E-state index in [0.29, 0.717) is 11.8 Å². The van der Waals surface area contributed by atoms with Crippen molar-refractivity contribution in [3.8, 4) is 0 Å². The fourth-order valence-electron chi connectivity index (χ4n) is 2.63. The number of carboxylic acid groups (broad SMARTS) is 1. The van der Waals surface area contributed by atoms with E-state index in [9.17, 15) is 14.7 Å². The Morgan fingerprint density at radius 2 is 1.95 bits per heavy atom. The van der Waals surface area contributed by atoms with Gasteiger partial charge in [0, 0.05) is 36.6 Å². The molecule has 0 aromatic heterocycles. The van der Waals surface area contributed by atoms with E-state index in [4.69, 9.17) is 5.11 Å². The summed E-state index contributed by atoms with van der Waals surface area (Å²) in [4.78, 5) is 26.7. The molecule has 0 spiro atoms. The van der Waals surface area contributed by atoms with Crippen molar-refractivity contribution in [2.75, 3.05) is 18.8 Å². The number of carbonyl (C=O) groups is 2. The zero-order valence-electron chi connectivity index (χ0n) is 11.2. The zero-order chi connectivity index (χ0) is 14.2. The minimum absolute atomic E-state index is 0.0819. The van der Waals surface area contributed by atoms with E-state index in [0.717, 1.165) is 5.75 Å². The molecule has 2 aliphatic heterocycles. The van der Waals surface area contributed by atoms with Gasteiger partial charge in [-0.2, -0.15) is 11.8 Å². The minimum atomic E-state index is -1.04. The highest BCUT2D eigenvalue weighted by Gasteiger charge is 2.42. The molecule has 4 atom stereocenters. The molecule has 2 rings (SSSR count). The van der Waals surface area contributed by atoms with E-state index in [1.54, 1.807) is 4.90 Å². The third kappa shape index (κ3) is 2.81. The highest BCUT2D eigenvalue weighted by Crippen LogP contribution is 2.27. The second kappa shape index (κ2) is 5.58. The van der Waals surface area contributed by atoms with Gasteiger partial charge in [0.1, 0.15) is 6.04 Å². The molecule has 0 aromatic carbocycles. The van der Waals surface area contributed by atoms with Gasteiger partial charge in [0.2, 0.25) is 0 Å². The molecule has 0 saturated carbocycles. The van der Waals surface area contributed by atoms with Gasteiger partial charge < -0.3 is 20.0 Å². The van der Waals surface area contributed by atoms with Crippen LogP contribution in [-0.4, -0.2) is 74.3 Å². The van der Waals surface area contributed by atoms with Crippen LogP contribution in [0.15, 0.2) is 0 Å². The number of aliphatic hydroxyl groups excluding tert-OH is 1. The molecule has 2 amide bonds. The molecule has 7 heteroatoms. The number of hydrogen-bond acceptors (Lipinski definition) is 4. The lowest BCUT2D eigenvalue weighted by Crippen LogP contribution is -2.55. The standard InChI is InChI=1S/C12H20N2O4S/c1-7-8(2)19-4-3-13(7)12(18)14-6-9(15)5-10(14)11(16)17/h7-10,15H,3-6H2,1-2H3,(H,16,17)/t7?,8?,9-,10-/m0/s1. The second-order valence-corrected chi connectivity index (χ2v) is 6.67. The topological polar surface area (TPSA) is 81.1 Å². The zero-order valence-corrected chi connectivity index (χ0v) is 12.0. The molecular weight excluding hydrogens is 268 g/mol. The predicted octanol–water partition coefficient (Wildman–Crippen LogP) is 0.452. The lowest BCUT2D eigenvalue weighted by molar-refractivity contribution is -0.141. The first-order chi connectivity index (χ1) is 8.91. The molecule has 2 unspecified atom stereocenters. The van der Waals surface area contributed by atoms with Crippen LogP contribution in [0.3, 0.4) is 0 Å². The van der Waals surface area contributed by atoms with Crippen LogP contribution in [0.25, 0.3) is 0 Å². The number of aliphatic carboxylic acids is 1. The summed E-state index contributed by atoms with van der Waals surface area (Å²) < 4.78 is 0. The van der Waals surface area contributed by atoms with Gasteiger partial charge in [-0.15, -0.1) is 0 Å². The SMILES string of the molecule is CC1SCCN(C(=O)N2C[C@@H](O)C[C@H]2C(=O)O)C1C. The smallest absolute Gasteiger partial charge is 0.326 e. The van der Waals surface area contributed by atoms with Crippen LogP contribution in [0.1, 0.15) is 20.3 Å². The largest absolute Gasteiger partial charge is 0.480 e. The number of hydrogen-bond donors (Lipinski definition) is 2. The number of β-amino-alcohol motifs (C(OH)–C–C–N with tert-alkyl or cyclic N) is 1. The lowest BCUT2D eigenvalue weighted by Gasteiger charge is -2.40. The Morgan fingerprint density at radius 3 is 2.58 bits per heavy atom. The van der Waals surface area contributed by atoms with Crippen LogP contribution in [-0.2, 0) is 4.79 Å². The van der Waals surface area contributed by atoms with Crippen LogP contribution in [0.2, 0.25) is 0 Å². The lowest BCUT2D eigenvalue weighted by atomic mass is 10.2. The van der Waals surface area contributed by atoms with Gasteiger partial charge in [0.05, 0.1) is 6.10 Å². The van der Waals surface area contributed by atoms with Gasteiger partial charge in [-0.3, -0.25) is 0 Å². The van der Waals surface area contributed by atoms with Gasteiger partial charge in [-0.1, -0.05) is 6.92 Å². The van der Waals surface area contributed by atoms with Crippen LogP contribution < -0.4 is 0 Å². The van der Waals surface area contributed by atoms with E-state index in [1.807, 2.05) is 18.7 Å². The maximum Gasteiger partial charge on any atom is 0.326 e. The molecule has 19 heavy (non-hydrogen) atoms. The Hall–Kier alpha value is -0.950. The molecule has 2 N–H and O–H groups in total. The number of nitrogens with zero attached hydrogens (tertiary/aromatic N) is 2. The molecule has 108 valence electrons. The van der Waals surface area contributed by atoms with Crippen molar-refractivity contribution >= 4 is 23.8 Å². The second-order valence-electron chi connectivity index (χ2n) is 5.19. The fourth-order valence-corrected chi connectivity index (χ4v) is 3.73. The monoisotopic (exact) mass is 288 g/mol. The number of carbonyl (C=O) groups excluding carboxylic acids is 1. The number of amides is 2. The third-order valence-corrected chi connectivity index (χ3v) is 5.28. The molecule has 0 aliphatic carbocycles. The normalized spacial score (nSPS) is 35.5. The summed E-state index contributed by atoms with van der Waals surface area (Å²) >= 11 is 1.82. The average molecular weight is 288 g/mol. The van der Waals surface area contributed by atoms with Crippen LogP contribution in [0.4, 0.5) is 4.79 Å². The minimum Gasteiger partial charge on any atom is -0.480 e. The Bertz CT molecular complexity index is 379. The van der Waals surface area contributed by atoms with Crippen molar-refractivity contribution in [3.63, 3.8) is 0 Å². The summed E-state index contributed by atoms with van der Waals surface area (Å²) in [6.07, 6.45) is -0.620. The molecule has 2 fully saturated rings. The molecule has 6 nitrogen and oxygen atoms in total. The summed E-state index contributed by atoms with van der Waals surface area (Å²) in [7, 11) is 0. The van der Waals surface area contributed by atoms with Crippen molar-refractivity contribution < 1.29 is 19.8 Å². The number of thioether (sulfide) groups is 1. The fraction of sp³-hybridized carbons (Fsp3) is 0.833. The Morgan fingerprint density at radius 1 is 1.26 bits per heavy atom. The summed E-state index contributed by atoms with van der Waals surface area (Å²) in [5.74, 6) is -0.178. The van der Waals surface area contributed by atoms with E-state index < -0.39 is 18.1 Å². The van der Waals surface area contributed by atoms with E-state index in [-0.39, 0.29) is 25.0 Å². The van der Waals surface area contributed by atoms with Crippen LogP contribution >= 0.6 is 11.8 Å². The molecule has 0 aromatic rings. The third-order valence-electron chi connectivity index (χ3n) is 3.94. The van der Waals surface area contributed by atoms with Gasteiger partial charge in [0.25, 0.3) is 0 Å². The van der Waals surface area contributed by atoms with Crippen LogP contribution in [0, 0.1) is 0 Å². The van der Waals surface area contributed by atoms with E-state index >= 15 is 0 Å². The van der Waals surface area contributed by atoms with Crippen molar-refractivity contribution in [3.05, 3.63) is 0 Å². The summed E-state index contributed by atoms with van der Waals surface area (Å²) in [6.45, 7) is 4.80. The molecule has 2 saturated heterocycles. The maximum absolute atomic E-state index is 12.5. The van der Waals surface area contributed by atoms with Gasteiger partial charge in [-0.25, -0.2) is 9.59 Å². The first-order valence-corrected chi connectivity index (χ1v) is 7.56. The molecule has 2 heterocycles. The summed E-state index contributed by atoms with van der Waals surface area (Å²) in [6, 6.07) is -1.08. The number of urea groups is 1. The van der Waals surface area contributed by atoms with E-state index in [1.165, 1.54) is 4.90 Å². The average Bonchev–Trinajstić information content (AvgIpc) is 2.74. The van der Waals surface area contributed by atoms with Crippen molar-refractivity contribution in [2.24, 2.45) is 0 Å². The highest BCUT2D eigenvalue weighted by molar-refractivity contribution is 8.00. The van der Waals surface area contributed by atoms with Gasteiger partial charge in [0.15, 0.2) is 0 Å². The first-order valence-electron chi connectivity index (χ1n) is 6.51. The summed E-state index contributed by atoms with van der Waals surface area (Å²) in [5, 5.41) is 19.1. The molecule has 0 radical (unpaired) electrons. The van der Waals surface area contributed by atoms with Gasteiger partial charge in [-0.05, 0) is 6.92 Å². The highest BCUT2D eigenvalue weighted by atomic mass is 32.2. The van der Waals surface area contributed by atoms with Gasteiger partial charge >= 0.3 is 12.0 Å². The molecular formula is C12H20N2O4S. The van der Waals surface area contributed by atoms with Crippen molar-refractivity contribution in [2.45, 2.75) is 43.7 Å². The first kappa shape index (κ1) is 14.5. The number of rotatable bonds is 1. The molecule has 0 bridgehead atoms. The maximum atomic E-state index is 12.5. The quantitative estimate of drug-likeness (QED) is 0.732. The number of likely N-dealkylation sites (tertiary alicyclic amines) is 1. The molecule has 2 aliphatic rings. The van der Waals surface area contributed by atoms with Crippen molar-refractivity contribution in [1.29, 1.82) is 0 Å². The van der Waals surface area contributed by atoms with Crippen LogP contribution in [0.5, 0.6) is 0 Å². The van der Waals surface area contributed by atoms with Crippen molar-refractivity contribution in [1.82, 2.24) is 9.80 Å². The number of aliphatic hydroxyl groups is 1. The predicted molar refractivity (Wildman–Crippen MR) is 72.2 cm³/mol. The Kier molecular flexibility index (Phi) is 4.25. The summed E-state index contributed by atoms with van der Waals surface area (Å²) in [5.41, 5.74) is 0. The Balaban J connectivity index is 2.11.